The van der Waals surface area contributed by atoms with E-state index in [1.807, 2.05) is 0 Å². The third kappa shape index (κ3) is 4.59. The Morgan fingerprint density at radius 3 is 3.05 bits per heavy atom. The van der Waals surface area contributed by atoms with Crippen molar-refractivity contribution in [3.63, 3.8) is 0 Å². The van der Waals surface area contributed by atoms with Gasteiger partial charge in [-0.25, -0.2) is 0 Å². The zero-order valence-electron chi connectivity index (χ0n) is 11.9. The molecule has 3 atom stereocenters. The minimum absolute atomic E-state index is 0.392. The lowest BCUT2D eigenvalue weighted by molar-refractivity contribution is -0.00472. The zero-order valence-corrected chi connectivity index (χ0v) is 13.4. The van der Waals surface area contributed by atoms with E-state index in [1.54, 1.807) is 0 Å². The molecule has 3 heteroatoms. The van der Waals surface area contributed by atoms with E-state index in [0.29, 0.717) is 18.2 Å². The maximum absolute atomic E-state index is 5.81. The minimum Gasteiger partial charge on any atom is -0.378 e. The molecule has 106 valence electrons. The highest BCUT2D eigenvalue weighted by Gasteiger charge is 2.23. The highest BCUT2D eigenvalue weighted by atomic mass is 79.9. The van der Waals surface area contributed by atoms with Crippen LogP contribution in [0.15, 0.2) is 28.7 Å². The lowest BCUT2D eigenvalue weighted by atomic mass is 9.98. The van der Waals surface area contributed by atoms with Crippen LogP contribution in [0.2, 0.25) is 0 Å². The van der Waals surface area contributed by atoms with E-state index in [1.165, 1.54) is 18.4 Å². The third-order valence-corrected chi connectivity index (χ3v) is 4.31. The molecule has 1 N–H and O–H groups in total. The van der Waals surface area contributed by atoms with Crippen molar-refractivity contribution in [2.75, 3.05) is 6.61 Å². The van der Waals surface area contributed by atoms with Crippen LogP contribution in [0.25, 0.3) is 0 Å². The summed E-state index contributed by atoms with van der Waals surface area (Å²) >= 11 is 3.54. The van der Waals surface area contributed by atoms with E-state index in [0.717, 1.165) is 23.9 Å². The predicted molar refractivity (Wildman–Crippen MR) is 83.4 cm³/mol. The summed E-state index contributed by atoms with van der Waals surface area (Å²) in [5.74, 6) is 0. The highest BCUT2D eigenvalue weighted by Crippen LogP contribution is 2.22. The van der Waals surface area contributed by atoms with Crippen LogP contribution in [0.5, 0.6) is 0 Å². The molecule has 2 unspecified atom stereocenters. The van der Waals surface area contributed by atoms with Gasteiger partial charge in [-0.15, -0.1) is 0 Å². The van der Waals surface area contributed by atoms with Crippen LogP contribution >= 0.6 is 15.9 Å². The molecule has 1 saturated heterocycles. The Morgan fingerprint density at radius 1 is 1.47 bits per heavy atom. The summed E-state index contributed by atoms with van der Waals surface area (Å²) < 4.78 is 6.96. The Hall–Kier alpha value is -0.380. The lowest BCUT2D eigenvalue weighted by Gasteiger charge is -2.32. The van der Waals surface area contributed by atoms with Crippen molar-refractivity contribution in [1.29, 1.82) is 0 Å². The third-order valence-electron chi connectivity index (χ3n) is 3.81. The van der Waals surface area contributed by atoms with Crippen LogP contribution in [0.3, 0.4) is 0 Å². The van der Waals surface area contributed by atoms with Gasteiger partial charge in [-0.05, 0) is 43.9 Å². The van der Waals surface area contributed by atoms with Crippen LogP contribution in [0.4, 0.5) is 0 Å². The molecule has 0 amide bonds. The molecule has 1 aliphatic heterocycles. The molecule has 0 aromatic heterocycles. The van der Waals surface area contributed by atoms with Gasteiger partial charge in [0, 0.05) is 23.2 Å². The molecule has 0 bridgehead atoms. The van der Waals surface area contributed by atoms with E-state index in [-0.39, 0.29) is 0 Å². The normalized spacial score (nSPS) is 25.2. The van der Waals surface area contributed by atoms with Gasteiger partial charge in [0.25, 0.3) is 0 Å². The maximum atomic E-state index is 5.81. The minimum atomic E-state index is 0.392. The zero-order chi connectivity index (χ0) is 13.7. The van der Waals surface area contributed by atoms with Crippen LogP contribution in [-0.4, -0.2) is 18.8 Å². The Labute approximate surface area is 125 Å². The van der Waals surface area contributed by atoms with Gasteiger partial charge in [-0.2, -0.15) is 0 Å². The molecule has 2 nitrogen and oxygen atoms in total. The van der Waals surface area contributed by atoms with Crippen molar-refractivity contribution in [2.45, 2.75) is 57.7 Å². The molecular weight excluding hydrogens is 302 g/mol. The van der Waals surface area contributed by atoms with Crippen LogP contribution in [0.1, 0.15) is 51.1 Å². The fourth-order valence-electron chi connectivity index (χ4n) is 2.78. The molecule has 0 spiro atoms. The van der Waals surface area contributed by atoms with Crippen LogP contribution in [-0.2, 0) is 4.74 Å². The lowest BCUT2D eigenvalue weighted by Crippen LogP contribution is -2.40. The SMILES string of the molecule is CCCC1CC(N[C@H](C)c2cccc(Br)c2)CCO1. The van der Waals surface area contributed by atoms with Crippen molar-refractivity contribution in [1.82, 2.24) is 5.32 Å². The molecule has 2 rings (SSSR count). The summed E-state index contributed by atoms with van der Waals surface area (Å²) in [6.45, 7) is 5.37. The Morgan fingerprint density at radius 2 is 2.32 bits per heavy atom. The fraction of sp³-hybridized carbons (Fsp3) is 0.625. The second-order valence-electron chi connectivity index (χ2n) is 5.45. The molecule has 0 saturated carbocycles. The van der Waals surface area contributed by atoms with Gasteiger partial charge < -0.3 is 10.1 Å². The first-order chi connectivity index (χ1) is 9.19. The van der Waals surface area contributed by atoms with E-state index in [9.17, 15) is 0 Å². The second kappa shape index (κ2) is 7.41. The van der Waals surface area contributed by atoms with Crippen molar-refractivity contribution < 1.29 is 4.74 Å². The van der Waals surface area contributed by atoms with Crippen molar-refractivity contribution >= 4 is 15.9 Å². The first-order valence-electron chi connectivity index (χ1n) is 7.32. The number of ether oxygens (including phenoxy) is 1. The van der Waals surface area contributed by atoms with Gasteiger partial charge in [-0.1, -0.05) is 41.4 Å². The summed E-state index contributed by atoms with van der Waals surface area (Å²) in [6.07, 6.45) is 5.11. The van der Waals surface area contributed by atoms with Gasteiger partial charge in [0.2, 0.25) is 0 Å². The predicted octanol–water partition coefficient (Wildman–Crippen LogP) is 4.45. The quantitative estimate of drug-likeness (QED) is 0.863. The molecule has 1 aromatic carbocycles. The van der Waals surface area contributed by atoms with Gasteiger partial charge in [0.15, 0.2) is 0 Å². The Balaban J connectivity index is 1.89. The van der Waals surface area contributed by atoms with E-state index >= 15 is 0 Å². The summed E-state index contributed by atoms with van der Waals surface area (Å²) in [4.78, 5) is 0. The monoisotopic (exact) mass is 325 g/mol. The summed E-state index contributed by atoms with van der Waals surface area (Å²) in [6, 6.07) is 9.53. The average Bonchev–Trinajstić information content (AvgIpc) is 2.39. The topological polar surface area (TPSA) is 21.3 Å². The number of hydrogen-bond acceptors (Lipinski definition) is 2. The molecule has 1 aromatic rings. The van der Waals surface area contributed by atoms with Crippen molar-refractivity contribution in [2.24, 2.45) is 0 Å². The molecule has 1 heterocycles. The smallest absolute Gasteiger partial charge is 0.0589 e. The second-order valence-corrected chi connectivity index (χ2v) is 6.36. The molecule has 1 aliphatic rings. The number of hydrogen-bond donors (Lipinski definition) is 1. The van der Waals surface area contributed by atoms with Crippen LogP contribution < -0.4 is 5.32 Å². The summed E-state index contributed by atoms with van der Waals surface area (Å²) in [5.41, 5.74) is 1.34. The number of rotatable bonds is 5. The number of nitrogens with one attached hydrogen (secondary N) is 1. The first kappa shape index (κ1) is 15.0. The van der Waals surface area contributed by atoms with E-state index in [4.69, 9.17) is 4.74 Å². The van der Waals surface area contributed by atoms with E-state index in [2.05, 4.69) is 59.4 Å². The molecule has 1 fully saturated rings. The summed E-state index contributed by atoms with van der Waals surface area (Å²) in [7, 11) is 0. The molecule has 0 aliphatic carbocycles. The van der Waals surface area contributed by atoms with Gasteiger partial charge in [0.05, 0.1) is 6.10 Å². The number of halogens is 1. The molecular formula is C16H24BrNO. The van der Waals surface area contributed by atoms with Crippen molar-refractivity contribution in [3.05, 3.63) is 34.3 Å². The van der Waals surface area contributed by atoms with Gasteiger partial charge in [-0.3, -0.25) is 0 Å². The number of benzene rings is 1. The largest absolute Gasteiger partial charge is 0.378 e. The Kier molecular flexibility index (Phi) is 5.86. The van der Waals surface area contributed by atoms with Crippen LogP contribution in [0, 0.1) is 0 Å². The molecule has 19 heavy (non-hydrogen) atoms. The standard InChI is InChI=1S/C16H24BrNO/c1-3-5-16-11-15(8-9-19-16)18-12(2)13-6-4-7-14(17)10-13/h4,6-7,10,12,15-16,18H,3,5,8-9,11H2,1-2H3/t12-,15?,16?/m1/s1. The fourth-order valence-corrected chi connectivity index (χ4v) is 3.20. The highest BCUT2D eigenvalue weighted by molar-refractivity contribution is 9.10. The summed E-state index contributed by atoms with van der Waals surface area (Å²) in [5, 5.41) is 3.75. The van der Waals surface area contributed by atoms with Crippen molar-refractivity contribution in [3.8, 4) is 0 Å². The average molecular weight is 326 g/mol. The molecule has 0 radical (unpaired) electrons. The van der Waals surface area contributed by atoms with E-state index < -0.39 is 0 Å². The maximum Gasteiger partial charge on any atom is 0.0589 e. The van der Waals surface area contributed by atoms with Gasteiger partial charge >= 0.3 is 0 Å². The Bertz CT molecular complexity index is 394. The van der Waals surface area contributed by atoms with Gasteiger partial charge in [0.1, 0.15) is 0 Å². The first-order valence-corrected chi connectivity index (χ1v) is 8.11.